The number of carbonyl (C=O) groups is 2. The van der Waals surface area contributed by atoms with Crippen LogP contribution in [0, 0.1) is 6.92 Å². The monoisotopic (exact) mass is 529 g/mol. The van der Waals surface area contributed by atoms with Crippen molar-refractivity contribution in [3.8, 4) is 11.5 Å². The summed E-state index contributed by atoms with van der Waals surface area (Å²) >= 11 is 5.97. The summed E-state index contributed by atoms with van der Waals surface area (Å²) in [6.07, 6.45) is 0.0999. The molecule has 36 heavy (non-hydrogen) atoms. The maximum atomic E-state index is 13.5. The molecule has 4 rings (SSSR count). The summed E-state index contributed by atoms with van der Waals surface area (Å²) in [4.78, 5) is 27.6. The minimum Gasteiger partial charge on any atom is -0.454 e. The first-order valence-electron chi connectivity index (χ1n) is 10.9. The van der Waals surface area contributed by atoms with Gasteiger partial charge in [0.1, 0.15) is 6.04 Å². The molecule has 9 nitrogen and oxygen atoms in total. The fourth-order valence-electron chi connectivity index (χ4n) is 3.73. The second-order valence-electron chi connectivity index (χ2n) is 8.16. The van der Waals surface area contributed by atoms with Crippen LogP contribution in [0.4, 0.5) is 10.5 Å². The van der Waals surface area contributed by atoms with Crippen LogP contribution in [0.3, 0.4) is 0 Å². The SMILES string of the molecule is Cc1ccccc1S(=O)(=O)NC(=O)N[C@@H](Cc1ccc(Cl)cc1)C(=O)N(C)c1ccc2c(c1)OCO2. The van der Waals surface area contributed by atoms with Gasteiger partial charge in [0.05, 0.1) is 4.90 Å². The number of hydrogen-bond donors (Lipinski definition) is 2. The number of nitrogens with one attached hydrogen (secondary N) is 2. The molecule has 188 valence electrons. The maximum absolute atomic E-state index is 13.5. The van der Waals surface area contributed by atoms with Crippen molar-refractivity contribution >= 4 is 39.2 Å². The number of hydrogen-bond acceptors (Lipinski definition) is 6. The first-order valence-corrected chi connectivity index (χ1v) is 12.8. The van der Waals surface area contributed by atoms with E-state index in [4.69, 9.17) is 21.1 Å². The van der Waals surface area contributed by atoms with Gasteiger partial charge in [-0.2, -0.15) is 0 Å². The normalized spacial score (nSPS) is 13.1. The van der Waals surface area contributed by atoms with Crippen LogP contribution < -0.4 is 24.4 Å². The van der Waals surface area contributed by atoms with Gasteiger partial charge in [-0.25, -0.2) is 17.9 Å². The number of carbonyl (C=O) groups excluding carboxylic acids is 2. The van der Waals surface area contributed by atoms with E-state index >= 15 is 0 Å². The van der Waals surface area contributed by atoms with Crippen LogP contribution >= 0.6 is 11.6 Å². The zero-order chi connectivity index (χ0) is 25.9. The Morgan fingerprint density at radius 1 is 1.03 bits per heavy atom. The highest BCUT2D eigenvalue weighted by Gasteiger charge is 2.28. The van der Waals surface area contributed by atoms with Crippen LogP contribution in [-0.2, 0) is 21.2 Å². The lowest BCUT2D eigenvalue weighted by Gasteiger charge is -2.25. The minimum atomic E-state index is -4.15. The van der Waals surface area contributed by atoms with Gasteiger partial charge >= 0.3 is 6.03 Å². The number of sulfonamides is 1. The third-order valence-electron chi connectivity index (χ3n) is 5.64. The van der Waals surface area contributed by atoms with Crippen LogP contribution in [0.5, 0.6) is 11.5 Å². The zero-order valence-electron chi connectivity index (χ0n) is 19.5. The Morgan fingerprint density at radius 3 is 2.44 bits per heavy atom. The molecule has 3 aromatic rings. The third-order valence-corrected chi connectivity index (χ3v) is 7.38. The van der Waals surface area contributed by atoms with Gasteiger partial charge in [-0.05, 0) is 48.4 Å². The highest BCUT2D eigenvalue weighted by Crippen LogP contribution is 2.35. The van der Waals surface area contributed by atoms with Crippen LogP contribution in [-0.4, -0.2) is 40.2 Å². The van der Waals surface area contributed by atoms with E-state index < -0.39 is 28.0 Å². The Hall–Kier alpha value is -3.76. The molecule has 0 aliphatic carbocycles. The Labute approximate surface area is 214 Å². The predicted molar refractivity (Wildman–Crippen MR) is 135 cm³/mol. The van der Waals surface area contributed by atoms with Gasteiger partial charge in [0.2, 0.25) is 12.7 Å². The van der Waals surface area contributed by atoms with Crippen molar-refractivity contribution in [2.45, 2.75) is 24.3 Å². The van der Waals surface area contributed by atoms with Crippen LogP contribution in [0.2, 0.25) is 5.02 Å². The van der Waals surface area contributed by atoms with Gasteiger partial charge in [0, 0.05) is 30.2 Å². The molecule has 0 saturated carbocycles. The fourth-order valence-corrected chi connectivity index (χ4v) is 5.02. The number of anilines is 1. The largest absolute Gasteiger partial charge is 0.454 e. The topological polar surface area (TPSA) is 114 Å². The number of nitrogens with zero attached hydrogens (tertiary/aromatic N) is 1. The highest BCUT2D eigenvalue weighted by atomic mass is 35.5. The van der Waals surface area contributed by atoms with Crippen molar-refractivity contribution < 1.29 is 27.5 Å². The molecule has 0 unspecified atom stereocenters. The molecule has 1 aliphatic rings. The lowest BCUT2D eigenvalue weighted by molar-refractivity contribution is -0.120. The molecular formula is C25H24ClN3O6S. The fraction of sp³-hybridized carbons (Fsp3) is 0.200. The number of fused-ring (bicyclic) bond motifs is 1. The van der Waals surface area contributed by atoms with Gasteiger partial charge in [0.25, 0.3) is 10.0 Å². The molecule has 0 bridgehead atoms. The first-order chi connectivity index (χ1) is 17.1. The number of aryl methyl sites for hydroxylation is 1. The number of urea groups is 1. The Balaban J connectivity index is 1.56. The number of likely N-dealkylation sites (N-methyl/N-ethyl adjacent to an activating group) is 1. The van der Waals surface area contributed by atoms with Gasteiger partial charge in [-0.3, -0.25) is 4.79 Å². The van der Waals surface area contributed by atoms with E-state index in [1.54, 1.807) is 74.6 Å². The molecule has 11 heteroatoms. The Morgan fingerprint density at radius 2 is 1.72 bits per heavy atom. The molecule has 0 fully saturated rings. The van der Waals surface area contributed by atoms with E-state index in [9.17, 15) is 18.0 Å². The summed E-state index contributed by atoms with van der Waals surface area (Å²) in [6, 6.07) is 16.0. The van der Waals surface area contributed by atoms with E-state index in [0.29, 0.717) is 27.8 Å². The van der Waals surface area contributed by atoms with E-state index in [-0.39, 0.29) is 18.1 Å². The van der Waals surface area contributed by atoms with Gasteiger partial charge in [-0.15, -0.1) is 0 Å². The number of rotatable bonds is 7. The standard InChI is InChI=1S/C25H24ClN3O6S/c1-16-5-3-4-6-23(16)36(32,33)28-25(31)27-20(13-17-7-9-18(26)10-8-17)24(30)29(2)19-11-12-21-22(14-19)35-15-34-21/h3-12,14,20H,13,15H2,1-2H3,(H2,27,28,31)/t20-/m0/s1. The lowest BCUT2D eigenvalue weighted by Crippen LogP contribution is -2.52. The second-order valence-corrected chi connectivity index (χ2v) is 10.2. The molecule has 1 aliphatic heterocycles. The predicted octanol–water partition coefficient (Wildman–Crippen LogP) is 3.64. The summed E-state index contributed by atoms with van der Waals surface area (Å²) in [5.41, 5.74) is 1.72. The molecule has 2 N–H and O–H groups in total. The summed E-state index contributed by atoms with van der Waals surface area (Å²) in [6.45, 7) is 1.71. The van der Waals surface area contributed by atoms with Crippen molar-refractivity contribution in [2.24, 2.45) is 0 Å². The highest BCUT2D eigenvalue weighted by molar-refractivity contribution is 7.90. The van der Waals surface area contributed by atoms with Crippen molar-refractivity contribution in [3.63, 3.8) is 0 Å². The molecule has 0 radical (unpaired) electrons. The molecule has 0 aromatic heterocycles. The van der Waals surface area contributed by atoms with E-state index in [1.165, 1.54) is 11.0 Å². The third kappa shape index (κ3) is 5.72. The number of ether oxygens (including phenoxy) is 2. The molecule has 1 heterocycles. The van der Waals surface area contributed by atoms with Gasteiger partial charge in [0.15, 0.2) is 11.5 Å². The van der Waals surface area contributed by atoms with Crippen LogP contribution in [0.15, 0.2) is 71.6 Å². The molecule has 0 saturated heterocycles. The van der Waals surface area contributed by atoms with Crippen molar-refractivity contribution in [1.82, 2.24) is 10.0 Å². The summed E-state index contributed by atoms with van der Waals surface area (Å²) in [5, 5.41) is 3.04. The average Bonchev–Trinajstić information content (AvgIpc) is 3.32. The van der Waals surface area contributed by atoms with Gasteiger partial charge < -0.3 is 19.7 Å². The molecular weight excluding hydrogens is 506 g/mol. The van der Waals surface area contributed by atoms with Crippen molar-refractivity contribution in [3.05, 3.63) is 82.9 Å². The minimum absolute atomic E-state index is 0.0294. The van der Waals surface area contributed by atoms with Crippen molar-refractivity contribution in [1.29, 1.82) is 0 Å². The number of amides is 3. The number of benzene rings is 3. The number of halogens is 1. The van der Waals surface area contributed by atoms with Crippen LogP contribution in [0.1, 0.15) is 11.1 Å². The van der Waals surface area contributed by atoms with E-state index in [2.05, 4.69) is 5.32 Å². The lowest BCUT2D eigenvalue weighted by atomic mass is 10.0. The molecule has 1 atom stereocenters. The summed E-state index contributed by atoms with van der Waals surface area (Å²) in [5.74, 6) is 0.597. The van der Waals surface area contributed by atoms with Crippen molar-refractivity contribution in [2.75, 3.05) is 18.7 Å². The van der Waals surface area contributed by atoms with Crippen LogP contribution in [0.25, 0.3) is 0 Å². The molecule has 0 spiro atoms. The van der Waals surface area contributed by atoms with Gasteiger partial charge in [-0.1, -0.05) is 41.9 Å². The van der Waals surface area contributed by atoms with E-state index in [0.717, 1.165) is 5.56 Å². The average molecular weight is 530 g/mol. The molecule has 3 amide bonds. The van der Waals surface area contributed by atoms with E-state index in [1.807, 2.05) is 4.72 Å². The summed E-state index contributed by atoms with van der Waals surface area (Å²) in [7, 11) is -2.60. The maximum Gasteiger partial charge on any atom is 0.329 e. The second kappa shape index (κ2) is 10.5. The quantitative estimate of drug-likeness (QED) is 0.483. The Kier molecular flexibility index (Phi) is 7.37. The molecule has 3 aromatic carbocycles. The first kappa shape index (κ1) is 25.3. The zero-order valence-corrected chi connectivity index (χ0v) is 21.1. The Bertz CT molecular complexity index is 1400. The summed E-state index contributed by atoms with van der Waals surface area (Å²) < 4.78 is 38.2. The smallest absolute Gasteiger partial charge is 0.329 e.